The van der Waals surface area contributed by atoms with E-state index in [4.69, 9.17) is 0 Å². The van der Waals surface area contributed by atoms with Crippen molar-refractivity contribution in [1.29, 1.82) is 0 Å². The highest BCUT2D eigenvalue weighted by Crippen LogP contribution is 2.68. The van der Waals surface area contributed by atoms with E-state index in [2.05, 4.69) is 32.1 Å². The summed E-state index contributed by atoms with van der Waals surface area (Å²) < 4.78 is 0. The number of fused-ring (bicyclic) bond motifs is 9. The van der Waals surface area contributed by atoms with Crippen molar-refractivity contribution >= 4 is 0 Å². The van der Waals surface area contributed by atoms with Gasteiger partial charge in [-0.1, -0.05) is 30.7 Å². The van der Waals surface area contributed by atoms with Gasteiger partial charge in [0.15, 0.2) is 0 Å². The lowest BCUT2D eigenvalue weighted by molar-refractivity contribution is 0.192. The molecule has 0 aliphatic heterocycles. The number of hydrogen-bond donors (Lipinski definition) is 0. The molecule has 0 saturated heterocycles. The maximum atomic E-state index is 2.55. The van der Waals surface area contributed by atoms with E-state index < -0.39 is 0 Å². The molecule has 0 radical (unpaired) electrons. The smallest absolute Gasteiger partial charge is 0.0161 e. The second-order valence-corrected chi connectivity index (χ2v) is 6.41. The Morgan fingerprint density at radius 1 is 1.19 bits per heavy atom. The topological polar surface area (TPSA) is 0 Å². The standard InChI is InChI=1S/C16H22/c1-3-11-12(4-2)14-8-13(11)15-9-5-6-10(7-9)16(14)15/h3,5-6,9-10,12-16H,4,7-8H2,1-2H3/b11-3-. The fourth-order valence-electron chi connectivity index (χ4n) is 5.96. The Morgan fingerprint density at radius 2 is 1.94 bits per heavy atom. The molecule has 0 N–H and O–H groups in total. The highest BCUT2D eigenvalue weighted by Gasteiger charge is 2.61. The van der Waals surface area contributed by atoms with Gasteiger partial charge in [0.25, 0.3) is 0 Å². The van der Waals surface area contributed by atoms with Crippen LogP contribution in [0.2, 0.25) is 0 Å². The van der Waals surface area contributed by atoms with Gasteiger partial charge >= 0.3 is 0 Å². The largest absolute Gasteiger partial charge is 0.0879 e. The molecule has 4 bridgehead atoms. The molecule has 16 heavy (non-hydrogen) atoms. The molecule has 3 fully saturated rings. The quantitative estimate of drug-likeness (QED) is 0.456. The molecule has 0 heterocycles. The van der Waals surface area contributed by atoms with Gasteiger partial charge in [-0.2, -0.15) is 0 Å². The van der Waals surface area contributed by atoms with Crippen molar-refractivity contribution in [2.24, 2.45) is 41.4 Å². The van der Waals surface area contributed by atoms with Crippen LogP contribution in [0, 0.1) is 41.4 Å². The molecule has 0 aromatic carbocycles. The third-order valence-electron chi connectivity index (χ3n) is 6.21. The van der Waals surface area contributed by atoms with Crippen molar-refractivity contribution < 1.29 is 0 Å². The van der Waals surface area contributed by atoms with E-state index in [0.717, 1.165) is 41.4 Å². The average Bonchev–Trinajstić information content (AvgIpc) is 3.03. The highest BCUT2D eigenvalue weighted by molar-refractivity contribution is 5.31. The third-order valence-corrected chi connectivity index (χ3v) is 6.21. The fourth-order valence-corrected chi connectivity index (χ4v) is 5.96. The molecule has 4 aliphatic carbocycles. The van der Waals surface area contributed by atoms with E-state index >= 15 is 0 Å². The van der Waals surface area contributed by atoms with E-state index in [-0.39, 0.29) is 0 Å². The summed E-state index contributed by atoms with van der Waals surface area (Å²) >= 11 is 0. The van der Waals surface area contributed by atoms with Gasteiger partial charge < -0.3 is 0 Å². The minimum Gasteiger partial charge on any atom is -0.0879 e. The average molecular weight is 214 g/mol. The maximum Gasteiger partial charge on any atom is -0.0161 e. The van der Waals surface area contributed by atoms with Crippen molar-refractivity contribution in [1.82, 2.24) is 0 Å². The van der Waals surface area contributed by atoms with Gasteiger partial charge in [-0.3, -0.25) is 0 Å². The van der Waals surface area contributed by atoms with Crippen LogP contribution in [0.25, 0.3) is 0 Å². The van der Waals surface area contributed by atoms with E-state index in [1.807, 2.05) is 5.57 Å². The van der Waals surface area contributed by atoms with Gasteiger partial charge in [-0.25, -0.2) is 0 Å². The molecule has 3 saturated carbocycles. The minimum absolute atomic E-state index is 0.948. The minimum atomic E-state index is 0.948. The van der Waals surface area contributed by atoms with Crippen LogP contribution in [-0.4, -0.2) is 0 Å². The van der Waals surface area contributed by atoms with Crippen molar-refractivity contribution in [2.45, 2.75) is 33.1 Å². The predicted octanol–water partition coefficient (Wildman–Crippen LogP) is 4.05. The third kappa shape index (κ3) is 0.893. The number of rotatable bonds is 1. The van der Waals surface area contributed by atoms with Crippen molar-refractivity contribution in [3.8, 4) is 0 Å². The summed E-state index contributed by atoms with van der Waals surface area (Å²) in [4.78, 5) is 0. The summed E-state index contributed by atoms with van der Waals surface area (Å²) in [5.41, 5.74) is 1.84. The lowest BCUT2D eigenvalue weighted by atomic mass is 9.66. The van der Waals surface area contributed by atoms with E-state index in [1.54, 1.807) is 0 Å². The molecule has 0 amide bonds. The van der Waals surface area contributed by atoms with Crippen molar-refractivity contribution in [3.05, 3.63) is 23.8 Å². The summed E-state index contributed by atoms with van der Waals surface area (Å²) in [6, 6.07) is 0. The van der Waals surface area contributed by atoms with Crippen LogP contribution in [0.15, 0.2) is 23.8 Å². The summed E-state index contributed by atoms with van der Waals surface area (Å²) in [6.07, 6.45) is 12.0. The van der Waals surface area contributed by atoms with Crippen molar-refractivity contribution in [3.63, 3.8) is 0 Å². The van der Waals surface area contributed by atoms with Gasteiger partial charge in [0.1, 0.15) is 0 Å². The van der Waals surface area contributed by atoms with Crippen LogP contribution in [0.1, 0.15) is 33.1 Å². The first-order valence-electron chi connectivity index (χ1n) is 7.19. The van der Waals surface area contributed by atoms with Crippen LogP contribution in [0.4, 0.5) is 0 Å². The number of allylic oxidation sites excluding steroid dienone is 4. The van der Waals surface area contributed by atoms with Gasteiger partial charge in [0.05, 0.1) is 0 Å². The van der Waals surface area contributed by atoms with Gasteiger partial charge in [-0.05, 0) is 67.6 Å². The Labute approximate surface area is 98.8 Å². The van der Waals surface area contributed by atoms with Crippen LogP contribution < -0.4 is 0 Å². The normalized spacial score (nSPS) is 58.9. The molecule has 86 valence electrons. The molecule has 0 spiro atoms. The molecule has 0 aromatic heterocycles. The lowest BCUT2D eigenvalue weighted by Crippen LogP contribution is -2.32. The van der Waals surface area contributed by atoms with E-state index in [1.165, 1.54) is 19.3 Å². The summed E-state index contributed by atoms with van der Waals surface area (Å²) in [5, 5.41) is 0. The molecule has 7 atom stereocenters. The first kappa shape index (κ1) is 9.50. The van der Waals surface area contributed by atoms with E-state index in [9.17, 15) is 0 Å². The zero-order chi connectivity index (χ0) is 10.9. The van der Waals surface area contributed by atoms with Gasteiger partial charge in [0, 0.05) is 0 Å². The summed E-state index contributed by atoms with van der Waals surface area (Å²) in [5.74, 6) is 7.03. The monoisotopic (exact) mass is 214 g/mol. The first-order valence-corrected chi connectivity index (χ1v) is 7.19. The van der Waals surface area contributed by atoms with Crippen LogP contribution in [0.5, 0.6) is 0 Å². The van der Waals surface area contributed by atoms with E-state index in [0.29, 0.717) is 0 Å². The molecule has 4 aliphatic rings. The second-order valence-electron chi connectivity index (χ2n) is 6.41. The lowest BCUT2D eigenvalue weighted by Gasteiger charge is -2.38. The Hall–Kier alpha value is -0.520. The number of hydrogen-bond acceptors (Lipinski definition) is 0. The molecule has 0 heteroatoms. The van der Waals surface area contributed by atoms with Crippen LogP contribution in [-0.2, 0) is 0 Å². The Morgan fingerprint density at radius 3 is 2.62 bits per heavy atom. The molecule has 4 rings (SSSR count). The predicted molar refractivity (Wildman–Crippen MR) is 66.9 cm³/mol. The second kappa shape index (κ2) is 3.03. The Kier molecular flexibility index (Phi) is 1.80. The van der Waals surface area contributed by atoms with Crippen LogP contribution in [0.3, 0.4) is 0 Å². The zero-order valence-electron chi connectivity index (χ0n) is 10.4. The van der Waals surface area contributed by atoms with Gasteiger partial charge in [-0.15, -0.1) is 0 Å². The zero-order valence-corrected chi connectivity index (χ0v) is 10.4. The highest BCUT2D eigenvalue weighted by atomic mass is 14.7. The van der Waals surface area contributed by atoms with Crippen molar-refractivity contribution in [2.75, 3.05) is 0 Å². The molecular formula is C16H22. The Balaban J connectivity index is 1.77. The molecule has 0 aromatic rings. The maximum absolute atomic E-state index is 2.55. The van der Waals surface area contributed by atoms with Gasteiger partial charge in [0.2, 0.25) is 0 Å². The Bertz CT molecular complexity index is 375. The molecular weight excluding hydrogens is 192 g/mol. The SMILES string of the molecule is C/C=C1/C(CC)C2CC1C1C3C=CC(C3)C21. The summed E-state index contributed by atoms with van der Waals surface area (Å²) in [6.45, 7) is 4.67. The summed E-state index contributed by atoms with van der Waals surface area (Å²) in [7, 11) is 0. The first-order chi connectivity index (χ1) is 7.85. The van der Waals surface area contributed by atoms with Crippen LogP contribution >= 0.6 is 0 Å². The molecule has 7 unspecified atom stereocenters. The fraction of sp³-hybridized carbons (Fsp3) is 0.750. The molecule has 0 nitrogen and oxygen atoms in total.